The zero-order valence-electron chi connectivity index (χ0n) is 30.2. The summed E-state index contributed by atoms with van der Waals surface area (Å²) >= 11 is -1.43. The molecule has 0 saturated carbocycles. The molecule has 0 unspecified atom stereocenters. The van der Waals surface area contributed by atoms with Crippen molar-refractivity contribution in [1.82, 2.24) is 6.61 Å². The maximum absolute atomic E-state index is 11.6. The van der Waals surface area contributed by atoms with Crippen molar-refractivity contribution < 1.29 is 60.6 Å². The first-order valence-electron chi connectivity index (χ1n) is 16.1. The molecule has 0 spiro atoms. The molecule has 6 aromatic carbocycles. The van der Waals surface area contributed by atoms with Crippen LogP contribution < -0.4 is 31.4 Å². The first-order valence-corrected chi connectivity index (χ1v) is 26.4. The first kappa shape index (κ1) is 45.8. The van der Waals surface area contributed by atoms with E-state index in [4.69, 9.17) is 0 Å². The number of hydrogen-bond donors (Lipinski definition) is 2. The number of carbonyl (C=O) groups excluding carboxylic acids is 2. The Labute approximate surface area is 344 Å². The number of aryl methyl sites for hydroxylation is 2. The van der Waals surface area contributed by atoms with Crippen LogP contribution in [0.1, 0.15) is 11.1 Å². The zero-order valence-corrected chi connectivity index (χ0v) is 39.5. The van der Waals surface area contributed by atoms with E-state index in [1.807, 2.05) is 39.3 Å². The van der Waals surface area contributed by atoms with Gasteiger partial charge in [0.2, 0.25) is 0 Å². The van der Waals surface area contributed by atoms with E-state index in [2.05, 4.69) is 142 Å². The Bertz CT molecular complexity index is 1810. The normalized spacial score (nSPS) is 10.5. The van der Waals surface area contributed by atoms with Gasteiger partial charge in [0.15, 0.2) is 0 Å². The fourth-order valence-electron chi connectivity index (χ4n) is 5.11. The predicted molar refractivity (Wildman–Crippen MR) is 209 cm³/mol. The van der Waals surface area contributed by atoms with Gasteiger partial charge in [-0.1, -0.05) is 97.8 Å². The Hall–Kier alpha value is -2.19. The van der Waals surface area contributed by atoms with Gasteiger partial charge in [0.05, 0.1) is 0 Å². The van der Waals surface area contributed by atoms with E-state index in [0.29, 0.717) is 0 Å². The van der Waals surface area contributed by atoms with E-state index >= 15 is 0 Å². The molecule has 6 rings (SSSR count). The van der Waals surface area contributed by atoms with Crippen LogP contribution in [0, 0.1) is 13.8 Å². The molecular weight excluding hydrogens is 874 g/mol. The van der Waals surface area contributed by atoms with Crippen molar-refractivity contribution in [2.24, 2.45) is 0 Å². The van der Waals surface area contributed by atoms with Gasteiger partial charge in [-0.2, -0.15) is 12.1 Å². The van der Waals surface area contributed by atoms with Crippen LogP contribution >= 0.6 is 0 Å². The van der Waals surface area contributed by atoms with Gasteiger partial charge < -0.3 is 24.8 Å². The van der Waals surface area contributed by atoms with Crippen LogP contribution in [0.25, 0.3) is 43.8 Å². The third-order valence-electron chi connectivity index (χ3n) is 7.73. The summed E-state index contributed by atoms with van der Waals surface area (Å²) in [5.41, 5.74) is 8.23. The van der Waals surface area contributed by atoms with Crippen LogP contribution in [-0.4, -0.2) is 50.7 Å². The van der Waals surface area contributed by atoms with E-state index in [1.54, 1.807) is 0 Å². The topological polar surface area (TPSA) is 58.2 Å². The van der Waals surface area contributed by atoms with Crippen LogP contribution in [0.4, 0.5) is 9.59 Å². The average molecular weight is 920 g/mol. The molecule has 2 amide bonds. The monoisotopic (exact) mass is 917 g/mol. The van der Waals surface area contributed by atoms with Gasteiger partial charge >= 0.3 is 132 Å². The largest absolute Gasteiger partial charge is 4.00 e. The van der Waals surface area contributed by atoms with E-state index in [1.165, 1.54) is 54.9 Å². The van der Waals surface area contributed by atoms with Gasteiger partial charge in [-0.3, -0.25) is 0 Å². The van der Waals surface area contributed by atoms with Gasteiger partial charge in [-0.15, -0.1) is 69.1 Å². The van der Waals surface area contributed by atoms with Crippen LogP contribution in [0.3, 0.4) is 0 Å². The molecule has 10 heteroatoms. The zero-order chi connectivity index (χ0) is 34.2. The van der Waals surface area contributed by atoms with Gasteiger partial charge in [-0.25, -0.2) is 0 Å². The summed E-state index contributed by atoms with van der Waals surface area (Å²) in [7, 11) is -3.44. The van der Waals surface area contributed by atoms with E-state index in [-0.39, 0.29) is 62.1 Å². The van der Waals surface area contributed by atoms with Crippen LogP contribution in [0.5, 0.6) is 0 Å². The molecule has 0 aliphatic rings. The second kappa shape index (κ2) is 20.7. The Morgan fingerprint density at radius 1 is 0.540 bits per heavy atom. The SMILES string of the molecule is C[Si](C)(C)C(=O)[NH][In][NH]C(=O)[Si](C)(C)C.Cc1cc2c(-c3ccccc3)cccc2[cH-]1.Cc1cc2c(-c3ccccc3)cccc2[cH-]1.[Cl-].[Cl-].[Zr+4]. The molecule has 257 valence electrons. The van der Waals surface area contributed by atoms with Crippen molar-refractivity contribution in [2.75, 3.05) is 0 Å². The van der Waals surface area contributed by atoms with Crippen molar-refractivity contribution in [3.05, 3.63) is 132 Å². The van der Waals surface area contributed by atoms with Crippen LogP contribution in [-0.2, 0) is 26.2 Å². The second-order valence-electron chi connectivity index (χ2n) is 14.0. The van der Waals surface area contributed by atoms with Crippen LogP contribution in [0.15, 0.2) is 121 Å². The molecule has 0 heterocycles. The summed E-state index contributed by atoms with van der Waals surface area (Å²) in [6.07, 6.45) is 0. The summed E-state index contributed by atoms with van der Waals surface area (Å²) in [6, 6.07) is 43.1. The first-order chi connectivity index (χ1) is 22.2. The average Bonchev–Trinajstić information content (AvgIpc) is 3.62. The molecule has 0 aromatic heterocycles. The smallest absolute Gasteiger partial charge is 1.00 e. The van der Waals surface area contributed by atoms with Crippen molar-refractivity contribution in [3.63, 3.8) is 0 Å². The number of halogens is 2. The van der Waals surface area contributed by atoms with Crippen molar-refractivity contribution in [2.45, 2.75) is 53.1 Å². The van der Waals surface area contributed by atoms with Gasteiger partial charge in [0.1, 0.15) is 0 Å². The number of amides is 2. The fourth-order valence-corrected chi connectivity index (χ4v) is 15.3. The van der Waals surface area contributed by atoms with E-state index in [0.717, 1.165) is 0 Å². The Balaban J connectivity index is 0.000000365. The Kier molecular flexibility index (Phi) is 19.0. The van der Waals surface area contributed by atoms with Gasteiger partial charge in [0.25, 0.3) is 0 Å². The number of carbonyl (C=O) groups is 2. The number of fused-ring (bicyclic) bond motifs is 2. The van der Waals surface area contributed by atoms with E-state index < -0.39 is 39.6 Å². The molecule has 4 nitrogen and oxygen atoms in total. The Morgan fingerprint density at radius 2 is 0.880 bits per heavy atom. The summed E-state index contributed by atoms with van der Waals surface area (Å²) in [5, 5.41) is 5.37. The van der Waals surface area contributed by atoms with Gasteiger partial charge in [0, 0.05) is 0 Å². The maximum atomic E-state index is 11.6. The van der Waals surface area contributed by atoms with Crippen molar-refractivity contribution in [3.8, 4) is 22.3 Å². The minimum atomic E-state index is -1.72. The minimum Gasteiger partial charge on any atom is -1.00 e. The predicted octanol–water partition coefficient (Wildman–Crippen LogP) is 4.85. The molecule has 50 heavy (non-hydrogen) atoms. The van der Waals surface area contributed by atoms with Gasteiger partial charge in [-0.05, 0) is 11.1 Å². The Morgan fingerprint density at radius 3 is 1.20 bits per heavy atom. The minimum absolute atomic E-state index is 0. The molecular formula is C40H46Cl2InN2O2Si2Zr. The maximum Gasteiger partial charge on any atom is 4.00 e. The molecule has 0 fully saturated rings. The summed E-state index contributed by atoms with van der Waals surface area (Å²) in [5.74, 6) is 0. The summed E-state index contributed by atoms with van der Waals surface area (Å²) in [6.45, 7) is 16.3. The number of hydrogen-bond acceptors (Lipinski definition) is 2. The number of benzene rings is 4. The number of nitrogens with one attached hydrogen (secondary N) is 2. The third kappa shape index (κ3) is 13.1. The molecule has 0 aliphatic carbocycles. The second-order valence-corrected chi connectivity index (χ2v) is 26.4. The standard InChI is InChI=1S/2C16H13.2C4H11NOSi.2ClH.In.Zr/c2*1-12-10-14-8-5-9-15(16(14)11-12)13-6-3-2-4-7-13;2*1-7(2,3)4(5)6;;;;/h2*2-11H,1H3;2*1-3H3,(H2,5,6);2*1H;;/q2*-1;;;;;+2;+4/p-4. The fraction of sp³-hybridized carbons (Fsp3) is 0.200. The summed E-state index contributed by atoms with van der Waals surface area (Å²) in [4.78, 5) is 23.1. The molecule has 0 saturated heterocycles. The molecule has 0 atom stereocenters. The number of rotatable bonds is 6. The van der Waals surface area contributed by atoms with Crippen LogP contribution in [0.2, 0.25) is 39.3 Å². The quantitative estimate of drug-likeness (QED) is 0.186. The summed E-state index contributed by atoms with van der Waals surface area (Å²) < 4.78 is 5.86. The molecule has 0 bridgehead atoms. The molecule has 1 radical (unpaired) electrons. The van der Waals surface area contributed by atoms with Crippen molar-refractivity contribution in [1.29, 1.82) is 0 Å². The molecule has 6 aromatic rings. The third-order valence-corrected chi connectivity index (χ3v) is 14.7. The molecule has 2 N–H and O–H groups in total. The van der Waals surface area contributed by atoms with E-state index in [9.17, 15) is 9.59 Å². The van der Waals surface area contributed by atoms with Crippen molar-refractivity contribution >= 4 is 72.2 Å². The molecule has 0 aliphatic heterocycles.